The number of sulfonamides is 1. The third kappa shape index (κ3) is 2.75. The first-order chi connectivity index (χ1) is 9.90. The van der Waals surface area contributed by atoms with Crippen LogP contribution < -0.4 is 4.72 Å². The van der Waals surface area contributed by atoms with Gasteiger partial charge in [0.1, 0.15) is 0 Å². The fraction of sp³-hybridized carbons (Fsp3) is 0.714. The third-order valence-corrected chi connectivity index (χ3v) is 5.80. The first-order valence-corrected chi connectivity index (χ1v) is 8.88. The summed E-state index contributed by atoms with van der Waals surface area (Å²) >= 11 is 0. The maximum absolute atomic E-state index is 12.5. The largest absolute Gasteiger partial charge is 0.390 e. The van der Waals surface area contributed by atoms with Gasteiger partial charge in [0.25, 0.3) is 0 Å². The Hall–Kier alpha value is -0.890. The molecule has 6 nitrogen and oxygen atoms in total. The van der Waals surface area contributed by atoms with Gasteiger partial charge in [-0.05, 0) is 39.2 Å². The SMILES string of the molecule is CC(C)n1cc(S(=O)(=O)NC2CC3CCC2O3)cc1CO. The lowest BCUT2D eigenvalue weighted by atomic mass is 9.96. The van der Waals surface area contributed by atoms with Crippen molar-refractivity contribution in [3.8, 4) is 0 Å². The summed E-state index contributed by atoms with van der Waals surface area (Å²) in [6.45, 7) is 3.73. The molecule has 3 heterocycles. The summed E-state index contributed by atoms with van der Waals surface area (Å²) in [4.78, 5) is 0.211. The number of nitrogens with one attached hydrogen (secondary N) is 1. The van der Waals surface area contributed by atoms with E-state index in [1.807, 2.05) is 13.8 Å². The molecule has 21 heavy (non-hydrogen) atoms. The molecule has 1 aromatic rings. The first kappa shape index (κ1) is 15.0. The van der Waals surface area contributed by atoms with Crippen LogP contribution in [-0.2, 0) is 21.4 Å². The maximum atomic E-state index is 12.5. The summed E-state index contributed by atoms with van der Waals surface area (Å²) in [5.74, 6) is 0. The number of hydrogen-bond acceptors (Lipinski definition) is 4. The minimum Gasteiger partial charge on any atom is -0.390 e. The number of hydrogen-bond donors (Lipinski definition) is 2. The van der Waals surface area contributed by atoms with Crippen molar-refractivity contribution in [1.29, 1.82) is 0 Å². The van der Waals surface area contributed by atoms with E-state index in [2.05, 4.69) is 4.72 Å². The smallest absolute Gasteiger partial charge is 0.242 e. The zero-order valence-electron chi connectivity index (χ0n) is 12.3. The zero-order valence-corrected chi connectivity index (χ0v) is 13.1. The van der Waals surface area contributed by atoms with Crippen molar-refractivity contribution in [3.63, 3.8) is 0 Å². The highest BCUT2D eigenvalue weighted by atomic mass is 32.2. The van der Waals surface area contributed by atoms with E-state index in [9.17, 15) is 13.5 Å². The second kappa shape index (κ2) is 5.39. The van der Waals surface area contributed by atoms with Crippen molar-refractivity contribution in [1.82, 2.24) is 9.29 Å². The van der Waals surface area contributed by atoms with Crippen molar-refractivity contribution in [2.24, 2.45) is 0 Å². The molecule has 0 amide bonds. The van der Waals surface area contributed by atoms with Crippen molar-refractivity contribution in [3.05, 3.63) is 18.0 Å². The molecule has 2 aliphatic rings. The van der Waals surface area contributed by atoms with Gasteiger partial charge in [0, 0.05) is 17.9 Å². The van der Waals surface area contributed by atoms with Gasteiger partial charge in [0.2, 0.25) is 10.0 Å². The van der Waals surface area contributed by atoms with Crippen LogP contribution in [0.2, 0.25) is 0 Å². The van der Waals surface area contributed by atoms with Crippen LogP contribution in [0.5, 0.6) is 0 Å². The zero-order chi connectivity index (χ0) is 15.2. The Labute approximate surface area is 125 Å². The van der Waals surface area contributed by atoms with Crippen molar-refractivity contribution >= 4 is 10.0 Å². The van der Waals surface area contributed by atoms with Gasteiger partial charge in [0.05, 0.1) is 29.8 Å². The summed E-state index contributed by atoms with van der Waals surface area (Å²) in [7, 11) is -3.57. The number of rotatable bonds is 5. The molecule has 2 aliphatic heterocycles. The lowest BCUT2D eigenvalue weighted by Gasteiger charge is -2.19. The third-order valence-electron chi connectivity index (χ3n) is 4.35. The molecule has 118 valence electrons. The van der Waals surface area contributed by atoms with Crippen LogP contribution in [0.3, 0.4) is 0 Å². The lowest BCUT2D eigenvalue weighted by molar-refractivity contribution is 0.0996. The second-order valence-electron chi connectivity index (χ2n) is 6.16. The molecule has 0 radical (unpaired) electrons. The first-order valence-electron chi connectivity index (χ1n) is 7.40. The molecule has 2 fully saturated rings. The van der Waals surface area contributed by atoms with E-state index in [1.165, 1.54) is 6.07 Å². The summed E-state index contributed by atoms with van der Waals surface area (Å²) in [6.07, 6.45) is 4.51. The van der Waals surface area contributed by atoms with Gasteiger partial charge >= 0.3 is 0 Å². The summed E-state index contributed by atoms with van der Waals surface area (Å²) in [5, 5.41) is 9.36. The molecular weight excluding hydrogens is 292 g/mol. The summed E-state index contributed by atoms with van der Waals surface area (Å²) < 4.78 is 35.2. The number of fused-ring (bicyclic) bond motifs is 2. The normalized spacial score (nSPS) is 28.7. The highest BCUT2D eigenvalue weighted by Gasteiger charge is 2.42. The highest BCUT2D eigenvalue weighted by molar-refractivity contribution is 7.89. The van der Waals surface area contributed by atoms with E-state index in [1.54, 1.807) is 10.8 Å². The van der Waals surface area contributed by atoms with Crippen LogP contribution in [0.15, 0.2) is 17.2 Å². The Morgan fingerprint density at radius 1 is 1.48 bits per heavy atom. The maximum Gasteiger partial charge on any atom is 0.242 e. The lowest BCUT2D eigenvalue weighted by Crippen LogP contribution is -2.41. The molecule has 2 bridgehead atoms. The van der Waals surface area contributed by atoms with Crippen molar-refractivity contribution < 1.29 is 18.3 Å². The fourth-order valence-corrected chi connectivity index (χ4v) is 4.61. The summed E-state index contributed by atoms with van der Waals surface area (Å²) in [5.41, 5.74) is 0.606. The van der Waals surface area contributed by atoms with Gasteiger partial charge in [0.15, 0.2) is 0 Å². The molecule has 0 spiro atoms. The van der Waals surface area contributed by atoms with E-state index in [4.69, 9.17) is 4.74 Å². The molecule has 2 saturated heterocycles. The van der Waals surface area contributed by atoms with E-state index < -0.39 is 10.0 Å². The van der Waals surface area contributed by atoms with Gasteiger partial charge in [-0.25, -0.2) is 13.1 Å². The van der Waals surface area contributed by atoms with Gasteiger partial charge < -0.3 is 14.4 Å². The van der Waals surface area contributed by atoms with E-state index >= 15 is 0 Å². The molecule has 3 rings (SSSR count). The topological polar surface area (TPSA) is 80.6 Å². The second-order valence-corrected chi connectivity index (χ2v) is 7.88. The van der Waals surface area contributed by atoms with Gasteiger partial charge in [-0.3, -0.25) is 0 Å². The molecular formula is C14H22N2O4S. The average molecular weight is 314 g/mol. The highest BCUT2D eigenvalue weighted by Crippen LogP contribution is 2.35. The minimum atomic E-state index is -3.57. The standard InChI is InChI=1S/C14H22N2O4S/c1-9(2)16-7-12(5-10(16)8-17)21(18,19)15-13-6-11-3-4-14(13)20-11/h5,7,9,11,13-15,17H,3-4,6,8H2,1-2H3. The monoisotopic (exact) mass is 314 g/mol. The van der Waals surface area contributed by atoms with Crippen LogP contribution >= 0.6 is 0 Å². The average Bonchev–Trinajstić information content (AvgIpc) is 3.12. The number of aliphatic hydroxyl groups excluding tert-OH is 1. The van der Waals surface area contributed by atoms with Crippen LogP contribution in [0.1, 0.15) is 44.8 Å². The van der Waals surface area contributed by atoms with Gasteiger partial charge in [-0.15, -0.1) is 0 Å². The molecule has 7 heteroatoms. The van der Waals surface area contributed by atoms with Crippen LogP contribution in [0, 0.1) is 0 Å². The predicted molar refractivity (Wildman–Crippen MR) is 77.4 cm³/mol. The van der Waals surface area contributed by atoms with Crippen LogP contribution in [0.4, 0.5) is 0 Å². The Bertz CT molecular complexity index is 623. The van der Waals surface area contributed by atoms with Crippen molar-refractivity contribution in [2.75, 3.05) is 0 Å². The molecule has 0 saturated carbocycles. The van der Waals surface area contributed by atoms with E-state index in [0.717, 1.165) is 19.3 Å². The number of ether oxygens (including phenoxy) is 1. The molecule has 3 unspecified atom stereocenters. The molecule has 1 aromatic heterocycles. The minimum absolute atomic E-state index is 0.00858. The fourth-order valence-electron chi connectivity index (χ4n) is 3.28. The molecule has 3 atom stereocenters. The van der Waals surface area contributed by atoms with Crippen LogP contribution in [0.25, 0.3) is 0 Å². The van der Waals surface area contributed by atoms with E-state index in [0.29, 0.717) is 5.69 Å². The Morgan fingerprint density at radius 2 is 2.24 bits per heavy atom. The van der Waals surface area contributed by atoms with Crippen molar-refractivity contribution in [2.45, 2.75) is 68.9 Å². The van der Waals surface area contributed by atoms with Gasteiger partial charge in [-0.2, -0.15) is 0 Å². The quantitative estimate of drug-likeness (QED) is 0.854. The predicted octanol–water partition coefficient (Wildman–Crippen LogP) is 1.16. The Morgan fingerprint density at radius 3 is 2.71 bits per heavy atom. The Kier molecular flexibility index (Phi) is 3.85. The number of aliphatic hydroxyl groups is 1. The molecule has 0 aliphatic carbocycles. The van der Waals surface area contributed by atoms with Crippen LogP contribution in [-0.4, -0.2) is 36.3 Å². The van der Waals surface area contributed by atoms with E-state index in [-0.39, 0.29) is 35.8 Å². The molecule has 2 N–H and O–H groups in total. The number of aromatic nitrogens is 1. The Balaban J connectivity index is 1.81. The summed E-state index contributed by atoms with van der Waals surface area (Å²) in [6, 6.07) is 1.51. The molecule has 0 aromatic carbocycles. The van der Waals surface area contributed by atoms with Gasteiger partial charge in [-0.1, -0.05) is 0 Å². The number of nitrogens with zero attached hydrogens (tertiary/aromatic N) is 1.